The summed E-state index contributed by atoms with van der Waals surface area (Å²) in [6, 6.07) is 0. The molecule has 6 heteroatoms. The van der Waals surface area contributed by atoms with Gasteiger partial charge in [-0.25, -0.2) is 0 Å². The molecule has 0 aliphatic carbocycles. The molecule has 24 heavy (non-hydrogen) atoms. The van der Waals surface area contributed by atoms with E-state index in [1.165, 1.54) is 0 Å². The summed E-state index contributed by atoms with van der Waals surface area (Å²) < 4.78 is 5.69. The Balaban J connectivity index is 2.18. The molecule has 0 spiro atoms. The number of aliphatic hydroxyl groups is 3. The van der Waals surface area contributed by atoms with E-state index < -0.39 is 30.4 Å². The van der Waals surface area contributed by atoms with Crippen molar-refractivity contribution in [2.24, 2.45) is 0 Å². The molecular weight excluding hydrogens is 312 g/mol. The highest BCUT2D eigenvalue weighted by Crippen LogP contribution is 2.26. The minimum absolute atomic E-state index is 0.220. The molecule has 0 aromatic rings. The van der Waals surface area contributed by atoms with Gasteiger partial charge in [0.2, 0.25) is 0 Å². The predicted molar refractivity (Wildman–Crippen MR) is 90.7 cm³/mol. The number of carboxylic acids is 1. The first kappa shape index (κ1) is 21.1. The average molecular weight is 344 g/mol. The summed E-state index contributed by atoms with van der Waals surface area (Å²) in [5.74, 6) is -0.752. The van der Waals surface area contributed by atoms with Gasteiger partial charge in [0.25, 0.3) is 0 Å². The molecule has 0 saturated carbocycles. The van der Waals surface area contributed by atoms with Crippen molar-refractivity contribution >= 4 is 5.97 Å². The molecule has 1 aliphatic heterocycles. The van der Waals surface area contributed by atoms with E-state index in [0.717, 1.165) is 25.7 Å². The normalized spacial score (nSPS) is 26.8. The first-order chi connectivity index (χ1) is 11.4. The number of unbranched alkanes of at least 4 members (excludes halogenated alkanes) is 4. The van der Waals surface area contributed by atoms with Crippen LogP contribution in [0.2, 0.25) is 0 Å². The van der Waals surface area contributed by atoms with Gasteiger partial charge in [0.15, 0.2) is 0 Å². The molecular formula is C18H32O6. The number of carboxylic acid groups (broad SMARTS) is 1. The fourth-order valence-corrected chi connectivity index (χ4v) is 2.86. The zero-order valence-electron chi connectivity index (χ0n) is 14.5. The molecule has 6 nitrogen and oxygen atoms in total. The van der Waals surface area contributed by atoms with E-state index in [1.807, 2.05) is 6.92 Å². The van der Waals surface area contributed by atoms with Crippen LogP contribution in [-0.4, -0.2) is 56.9 Å². The first-order valence-corrected chi connectivity index (χ1v) is 9.03. The molecule has 1 rings (SSSR count). The van der Waals surface area contributed by atoms with E-state index in [0.29, 0.717) is 25.7 Å². The lowest BCUT2D eigenvalue weighted by Crippen LogP contribution is -2.26. The number of hydrogen-bond donors (Lipinski definition) is 4. The summed E-state index contributed by atoms with van der Waals surface area (Å²) in [5, 5.41) is 38.2. The van der Waals surface area contributed by atoms with Gasteiger partial charge in [0.1, 0.15) is 6.10 Å². The summed E-state index contributed by atoms with van der Waals surface area (Å²) in [6.45, 7) is 1.87. The minimum atomic E-state index is -0.752. The first-order valence-electron chi connectivity index (χ1n) is 9.03. The topological polar surface area (TPSA) is 107 Å². The lowest BCUT2D eigenvalue weighted by Gasteiger charge is -2.18. The van der Waals surface area contributed by atoms with Crippen LogP contribution >= 0.6 is 0 Å². The molecule has 0 amide bonds. The molecule has 0 unspecified atom stereocenters. The van der Waals surface area contributed by atoms with Crippen LogP contribution in [-0.2, 0) is 9.53 Å². The van der Waals surface area contributed by atoms with Crippen molar-refractivity contribution in [3.63, 3.8) is 0 Å². The number of ether oxygens (including phenoxy) is 1. The molecule has 0 radical (unpaired) electrons. The van der Waals surface area contributed by atoms with Crippen LogP contribution in [0, 0.1) is 0 Å². The van der Waals surface area contributed by atoms with Crippen molar-refractivity contribution in [1.82, 2.24) is 0 Å². The Morgan fingerprint density at radius 1 is 1.21 bits per heavy atom. The standard InChI is InChI=1S/C18H32O6/c1-2-13(19)10-11-16-15(21)12-17(24-16)14(20)8-6-4-3-5-7-9-18(22)23/h10-11,13-17,19-21H,2-9,12H2,1H3,(H,22,23)/b11-10+/t13-,14+,15+,16-,17+/m0/s1. The molecule has 1 fully saturated rings. The highest BCUT2D eigenvalue weighted by molar-refractivity contribution is 5.66. The lowest BCUT2D eigenvalue weighted by molar-refractivity contribution is -0.137. The molecule has 1 heterocycles. The van der Waals surface area contributed by atoms with E-state index in [9.17, 15) is 20.1 Å². The Hall–Kier alpha value is -0.950. The van der Waals surface area contributed by atoms with Gasteiger partial charge in [0.05, 0.1) is 24.4 Å². The number of aliphatic carboxylic acids is 1. The molecule has 140 valence electrons. The van der Waals surface area contributed by atoms with Crippen molar-refractivity contribution in [1.29, 1.82) is 0 Å². The van der Waals surface area contributed by atoms with E-state index in [-0.39, 0.29) is 12.5 Å². The Labute approximate surface area is 144 Å². The van der Waals surface area contributed by atoms with E-state index >= 15 is 0 Å². The zero-order chi connectivity index (χ0) is 17.9. The van der Waals surface area contributed by atoms with Crippen LogP contribution in [0.5, 0.6) is 0 Å². The molecule has 0 aromatic carbocycles. The smallest absolute Gasteiger partial charge is 0.303 e. The van der Waals surface area contributed by atoms with Crippen molar-refractivity contribution in [3.8, 4) is 0 Å². The van der Waals surface area contributed by atoms with Gasteiger partial charge in [0, 0.05) is 12.8 Å². The van der Waals surface area contributed by atoms with Gasteiger partial charge in [-0.1, -0.05) is 44.8 Å². The Morgan fingerprint density at radius 2 is 1.88 bits per heavy atom. The van der Waals surface area contributed by atoms with Crippen molar-refractivity contribution < 1.29 is 30.0 Å². The second kappa shape index (κ2) is 11.6. The molecule has 0 aromatic heterocycles. The number of aliphatic hydroxyl groups excluding tert-OH is 3. The lowest BCUT2D eigenvalue weighted by atomic mass is 10.0. The van der Waals surface area contributed by atoms with Crippen LogP contribution in [0.3, 0.4) is 0 Å². The Bertz CT molecular complexity index is 384. The van der Waals surface area contributed by atoms with Gasteiger partial charge in [-0.2, -0.15) is 0 Å². The van der Waals surface area contributed by atoms with Gasteiger partial charge in [-0.05, 0) is 19.3 Å². The Morgan fingerprint density at radius 3 is 2.54 bits per heavy atom. The number of hydrogen-bond acceptors (Lipinski definition) is 5. The predicted octanol–water partition coefficient (Wildman–Crippen LogP) is 2.01. The van der Waals surface area contributed by atoms with Crippen LogP contribution in [0.15, 0.2) is 12.2 Å². The molecule has 4 N–H and O–H groups in total. The van der Waals surface area contributed by atoms with E-state index in [1.54, 1.807) is 12.2 Å². The van der Waals surface area contributed by atoms with Gasteiger partial charge >= 0.3 is 5.97 Å². The third kappa shape index (κ3) is 8.24. The third-order valence-corrected chi connectivity index (χ3v) is 4.45. The summed E-state index contributed by atoms with van der Waals surface area (Å²) in [7, 11) is 0. The van der Waals surface area contributed by atoms with Crippen LogP contribution in [0.1, 0.15) is 64.7 Å². The van der Waals surface area contributed by atoms with E-state index in [2.05, 4.69) is 0 Å². The van der Waals surface area contributed by atoms with Gasteiger partial charge in [-0.3, -0.25) is 4.79 Å². The second-order valence-corrected chi connectivity index (χ2v) is 6.57. The monoisotopic (exact) mass is 344 g/mol. The van der Waals surface area contributed by atoms with E-state index in [4.69, 9.17) is 9.84 Å². The molecule has 5 atom stereocenters. The van der Waals surface area contributed by atoms with Crippen molar-refractivity contribution in [2.75, 3.05) is 0 Å². The zero-order valence-corrected chi connectivity index (χ0v) is 14.5. The maximum Gasteiger partial charge on any atom is 0.303 e. The van der Waals surface area contributed by atoms with Gasteiger partial charge < -0.3 is 25.2 Å². The van der Waals surface area contributed by atoms with Crippen molar-refractivity contribution in [3.05, 3.63) is 12.2 Å². The number of carbonyl (C=O) groups is 1. The summed E-state index contributed by atoms with van der Waals surface area (Å²) in [5.41, 5.74) is 0. The number of rotatable bonds is 12. The summed E-state index contributed by atoms with van der Waals surface area (Å²) in [6.07, 6.45) is 6.89. The second-order valence-electron chi connectivity index (χ2n) is 6.57. The maximum atomic E-state index is 10.4. The Kier molecular flexibility index (Phi) is 10.2. The molecule has 1 saturated heterocycles. The highest BCUT2D eigenvalue weighted by atomic mass is 16.5. The van der Waals surface area contributed by atoms with Crippen molar-refractivity contribution in [2.45, 2.75) is 95.2 Å². The largest absolute Gasteiger partial charge is 0.481 e. The molecule has 1 aliphatic rings. The maximum absolute atomic E-state index is 10.4. The quantitative estimate of drug-likeness (QED) is 0.319. The minimum Gasteiger partial charge on any atom is -0.481 e. The third-order valence-electron chi connectivity index (χ3n) is 4.45. The van der Waals surface area contributed by atoms with Crippen LogP contribution in [0.25, 0.3) is 0 Å². The fraction of sp³-hybridized carbons (Fsp3) is 0.833. The summed E-state index contributed by atoms with van der Waals surface area (Å²) >= 11 is 0. The SMILES string of the molecule is CC[C@H](O)/C=C/[C@@H]1O[C@@H]([C@H](O)CCCCCCCC(=O)O)C[C@H]1O. The van der Waals surface area contributed by atoms with Crippen LogP contribution in [0.4, 0.5) is 0 Å². The summed E-state index contributed by atoms with van der Waals surface area (Å²) in [4.78, 5) is 10.4. The average Bonchev–Trinajstić information content (AvgIpc) is 2.92. The molecule has 0 bridgehead atoms. The fourth-order valence-electron chi connectivity index (χ4n) is 2.86. The van der Waals surface area contributed by atoms with Crippen LogP contribution < -0.4 is 0 Å². The highest BCUT2D eigenvalue weighted by Gasteiger charge is 2.36. The van der Waals surface area contributed by atoms with Gasteiger partial charge in [-0.15, -0.1) is 0 Å².